The van der Waals surface area contributed by atoms with Crippen LogP contribution in [0.5, 0.6) is 0 Å². The maximum atomic E-state index is 13.6. The van der Waals surface area contributed by atoms with Crippen LogP contribution >= 0.6 is 0 Å². The predicted octanol–water partition coefficient (Wildman–Crippen LogP) is 4.33. The van der Waals surface area contributed by atoms with Gasteiger partial charge in [0, 0.05) is 43.3 Å². The lowest BCUT2D eigenvalue weighted by molar-refractivity contribution is 0.392. The lowest BCUT2D eigenvalue weighted by Gasteiger charge is -2.24. The molecule has 9 heteroatoms. The Kier molecular flexibility index (Phi) is 6.74. The molecule has 0 radical (unpaired) electrons. The van der Waals surface area contributed by atoms with Crippen LogP contribution in [0.4, 0.5) is 0 Å². The third kappa shape index (κ3) is 5.09. The molecule has 0 bridgehead atoms. The van der Waals surface area contributed by atoms with Crippen LogP contribution in [-0.4, -0.2) is 45.3 Å². The van der Waals surface area contributed by atoms with Crippen molar-refractivity contribution >= 4 is 30.9 Å². The molecule has 1 atom stereocenters. The molecule has 1 aliphatic rings. The molecule has 0 aliphatic carbocycles. The van der Waals surface area contributed by atoms with Crippen LogP contribution in [0.1, 0.15) is 28.3 Å². The lowest BCUT2D eigenvalue weighted by atomic mass is 10.1. The van der Waals surface area contributed by atoms with Gasteiger partial charge in [-0.1, -0.05) is 47.5 Å². The van der Waals surface area contributed by atoms with Crippen molar-refractivity contribution < 1.29 is 16.8 Å². The van der Waals surface area contributed by atoms with Crippen molar-refractivity contribution in [3.05, 3.63) is 95.2 Å². The van der Waals surface area contributed by atoms with Gasteiger partial charge in [0.2, 0.25) is 20.0 Å². The van der Waals surface area contributed by atoms with Crippen LogP contribution in [0, 0.1) is 20.8 Å². The predicted molar refractivity (Wildman–Crippen MR) is 146 cm³/mol. The third-order valence-corrected chi connectivity index (χ3v) is 10.3. The van der Waals surface area contributed by atoms with E-state index in [-0.39, 0.29) is 28.8 Å². The van der Waals surface area contributed by atoms with Crippen LogP contribution in [-0.2, 0) is 26.6 Å². The summed E-state index contributed by atoms with van der Waals surface area (Å²) in [6, 6.07) is 21.8. The lowest BCUT2D eigenvalue weighted by Crippen LogP contribution is -2.38. The molecule has 3 aromatic carbocycles. The standard InChI is InChI=1S/C28H31N3O4S2/c1-20-5-10-25(11-6-20)36(32,33)29-18-24-19-30(37(34,35)26-12-7-21(2)8-13-26)14-15-31-27-16-22(3)4-9-23(27)17-28(24)31/h4-13,16-17,24,29H,14-15,18-19H2,1-3H3. The molecule has 194 valence electrons. The number of aryl methyl sites for hydroxylation is 3. The molecule has 4 aromatic rings. The van der Waals surface area contributed by atoms with Crippen LogP contribution < -0.4 is 4.72 Å². The highest BCUT2D eigenvalue weighted by molar-refractivity contribution is 7.89. The molecular weight excluding hydrogens is 506 g/mol. The highest BCUT2D eigenvalue weighted by Crippen LogP contribution is 2.31. The quantitative estimate of drug-likeness (QED) is 0.397. The van der Waals surface area contributed by atoms with E-state index in [0.717, 1.165) is 33.3 Å². The minimum Gasteiger partial charge on any atom is -0.343 e. The zero-order valence-electron chi connectivity index (χ0n) is 21.2. The average Bonchev–Trinajstić information content (AvgIpc) is 3.10. The largest absolute Gasteiger partial charge is 0.343 e. The summed E-state index contributed by atoms with van der Waals surface area (Å²) in [4.78, 5) is 0.427. The van der Waals surface area contributed by atoms with Crippen molar-refractivity contribution in [2.24, 2.45) is 0 Å². The highest BCUT2D eigenvalue weighted by Gasteiger charge is 2.33. The second-order valence-corrected chi connectivity index (χ2v) is 13.5. The summed E-state index contributed by atoms with van der Waals surface area (Å²) in [5.74, 6) is -0.379. The summed E-state index contributed by atoms with van der Waals surface area (Å²) in [7, 11) is -7.52. The molecule has 2 heterocycles. The monoisotopic (exact) mass is 537 g/mol. The Hall–Kier alpha value is -2.98. The van der Waals surface area contributed by atoms with E-state index in [1.165, 1.54) is 4.31 Å². The maximum Gasteiger partial charge on any atom is 0.243 e. The smallest absolute Gasteiger partial charge is 0.243 e. The first-order chi connectivity index (χ1) is 17.5. The molecule has 5 rings (SSSR count). The van der Waals surface area contributed by atoms with Crippen LogP contribution in [0.2, 0.25) is 0 Å². The van der Waals surface area contributed by atoms with Crippen molar-refractivity contribution in [1.82, 2.24) is 13.6 Å². The van der Waals surface area contributed by atoms with E-state index in [2.05, 4.69) is 27.5 Å². The number of sulfonamides is 2. The third-order valence-electron chi connectivity index (χ3n) is 7.02. The van der Waals surface area contributed by atoms with E-state index in [1.807, 2.05) is 26.8 Å². The van der Waals surface area contributed by atoms with Crippen molar-refractivity contribution in [2.45, 2.75) is 43.0 Å². The normalized spacial score (nSPS) is 17.0. The van der Waals surface area contributed by atoms with Gasteiger partial charge in [0.25, 0.3) is 0 Å². The van der Waals surface area contributed by atoms with Gasteiger partial charge >= 0.3 is 0 Å². The van der Waals surface area contributed by atoms with E-state index >= 15 is 0 Å². The number of nitrogens with zero attached hydrogens (tertiary/aromatic N) is 2. The van der Waals surface area contributed by atoms with E-state index in [9.17, 15) is 16.8 Å². The number of aromatic nitrogens is 1. The van der Waals surface area contributed by atoms with Crippen molar-refractivity contribution in [2.75, 3.05) is 19.6 Å². The van der Waals surface area contributed by atoms with Gasteiger partial charge in [-0.15, -0.1) is 0 Å². The fraction of sp³-hybridized carbons (Fsp3) is 0.286. The summed E-state index contributed by atoms with van der Waals surface area (Å²) < 4.78 is 59.8. The molecule has 0 fully saturated rings. The van der Waals surface area contributed by atoms with Gasteiger partial charge in [0.1, 0.15) is 0 Å². The number of hydrogen-bond acceptors (Lipinski definition) is 4. The Balaban J connectivity index is 1.51. The number of nitrogens with one attached hydrogen (secondary N) is 1. The van der Waals surface area contributed by atoms with Crippen LogP contribution in [0.25, 0.3) is 10.9 Å². The molecule has 0 saturated heterocycles. The Bertz CT molecular complexity index is 1660. The first kappa shape index (κ1) is 25.7. The highest BCUT2D eigenvalue weighted by atomic mass is 32.2. The zero-order valence-corrected chi connectivity index (χ0v) is 22.8. The molecule has 1 unspecified atom stereocenters. The number of rotatable bonds is 6. The van der Waals surface area contributed by atoms with E-state index in [4.69, 9.17) is 0 Å². The molecule has 1 aromatic heterocycles. The Morgan fingerprint density at radius 1 is 0.757 bits per heavy atom. The van der Waals surface area contributed by atoms with E-state index in [1.54, 1.807) is 48.5 Å². The fourth-order valence-electron chi connectivity index (χ4n) is 4.87. The second kappa shape index (κ2) is 9.72. The van der Waals surface area contributed by atoms with Gasteiger partial charge in [0.05, 0.1) is 9.79 Å². The van der Waals surface area contributed by atoms with Gasteiger partial charge in [-0.25, -0.2) is 21.6 Å². The number of hydrogen-bond donors (Lipinski definition) is 1. The van der Waals surface area contributed by atoms with E-state index < -0.39 is 20.0 Å². The van der Waals surface area contributed by atoms with Crippen molar-refractivity contribution in [3.63, 3.8) is 0 Å². The van der Waals surface area contributed by atoms with Crippen molar-refractivity contribution in [1.29, 1.82) is 0 Å². The number of benzene rings is 3. The maximum absolute atomic E-state index is 13.6. The Morgan fingerprint density at radius 3 is 2.00 bits per heavy atom. The molecular formula is C28H31N3O4S2. The minimum absolute atomic E-state index is 0.0748. The molecule has 0 saturated carbocycles. The first-order valence-electron chi connectivity index (χ1n) is 12.3. The van der Waals surface area contributed by atoms with Gasteiger partial charge in [-0.3, -0.25) is 0 Å². The van der Waals surface area contributed by atoms with Gasteiger partial charge < -0.3 is 4.57 Å². The SMILES string of the molecule is Cc1ccc(S(=O)(=O)NCC2CN(S(=O)(=O)c3ccc(C)cc3)CCn3c2cc2ccc(C)cc23)cc1. The number of fused-ring (bicyclic) bond motifs is 3. The summed E-state index contributed by atoms with van der Waals surface area (Å²) in [5, 5.41) is 1.06. The fourth-order valence-corrected chi connectivity index (χ4v) is 7.43. The van der Waals surface area contributed by atoms with Crippen LogP contribution in [0.3, 0.4) is 0 Å². The Morgan fingerprint density at radius 2 is 1.35 bits per heavy atom. The Labute approximate surface area is 218 Å². The van der Waals surface area contributed by atoms with Gasteiger partial charge in [-0.05, 0) is 68.1 Å². The molecule has 7 nitrogen and oxygen atoms in total. The first-order valence-corrected chi connectivity index (χ1v) is 15.2. The molecule has 1 aliphatic heterocycles. The van der Waals surface area contributed by atoms with Crippen molar-refractivity contribution in [3.8, 4) is 0 Å². The average molecular weight is 538 g/mol. The summed E-state index contributed by atoms with van der Waals surface area (Å²) in [6.07, 6.45) is 0. The van der Waals surface area contributed by atoms with E-state index in [0.29, 0.717) is 13.1 Å². The molecule has 0 amide bonds. The summed E-state index contributed by atoms with van der Waals surface area (Å²) in [6.45, 7) is 6.86. The van der Waals surface area contributed by atoms with Gasteiger partial charge in [-0.2, -0.15) is 4.31 Å². The van der Waals surface area contributed by atoms with Gasteiger partial charge in [0.15, 0.2) is 0 Å². The summed E-state index contributed by atoms with van der Waals surface area (Å²) >= 11 is 0. The molecule has 37 heavy (non-hydrogen) atoms. The summed E-state index contributed by atoms with van der Waals surface area (Å²) in [5.41, 5.74) is 5.01. The topological polar surface area (TPSA) is 88.5 Å². The minimum atomic E-state index is -3.76. The second-order valence-electron chi connectivity index (χ2n) is 9.82. The zero-order chi connectivity index (χ0) is 26.4. The molecule has 0 spiro atoms. The van der Waals surface area contributed by atoms with Crippen LogP contribution in [0.15, 0.2) is 82.6 Å². The molecule has 1 N–H and O–H groups in total.